The summed E-state index contributed by atoms with van der Waals surface area (Å²) < 4.78 is 28.0. The van der Waals surface area contributed by atoms with Gasteiger partial charge in [-0.3, -0.25) is 9.59 Å². The molecule has 1 saturated carbocycles. The molecule has 4 amide bonds. The molecule has 1 aromatic rings. The number of sulfonamides is 1. The van der Waals surface area contributed by atoms with Crippen molar-refractivity contribution < 1.29 is 22.8 Å². The van der Waals surface area contributed by atoms with Gasteiger partial charge in [-0.25, -0.2) is 13.2 Å². The van der Waals surface area contributed by atoms with Crippen LogP contribution in [-0.4, -0.2) is 73.2 Å². The fourth-order valence-corrected chi connectivity index (χ4v) is 6.38. The van der Waals surface area contributed by atoms with Gasteiger partial charge in [0.15, 0.2) is 0 Å². The molecule has 11 heteroatoms. The summed E-state index contributed by atoms with van der Waals surface area (Å²) in [6, 6.07) is 5.30. The quantitative estimate of drug-likeness (QED) is 0.488. The third-order valence-electron chi connectivity index (χ3n) is 6.64. The Kier molecular flexibility index (Phi) is 9.12. The largest absolute Gasteiger partial charge is 0.368 e. The van der Waals surface area contributed by atoms with Crippen molar-refractivity contribution in [3.63, 3.8) is 0 Å². The minimum atomic E-state index is -4.01. The Labute approximate surface area is 207 Å². The molecule has 2 fully saturated rings. The smallest absolute Gasteiger partial charge is 0.317 e. The van der Waals surface area contributed by atoms with Crippen LogP contribution in [0, 0.1) is 5.92 Å². The van der Waals surface area contributed by atoms with Crippen molar-refractivity contribution in [2.24, 2.45) is 11.7 Å². The number of rotatable bonds is 8. The molecule has 2 atom stereocenters. The number of piperazine rings is 1. The van der Waals surface area contributed by atoms with Crippen LogP contribution in [0.25, 0.3) is 0 Å². The lowest BCUT2D eigenvalue weighted by Crippen LogP contribution is -2.64. The van der Waals surface area contributed by atoms with Crippen molar-refractivity contribution in [3.8, 4) is 0 Å². The molecule has 194 valence electrons. The van der Waals surface area contributed by atoms with Gasteiger partial charge in [0.2, 0.25) is 21.8 Å². The van der Waals surface area contributed by atoms with Crippen molar-refractivity contribution in [2.75, 3.05) is 19.6 Å². The lowest BCUT2D eigenvalue weighted by molar-refractivity contribution is -0.131. The number of carbonyl (C=O) groups is 3. The Morgan fingerprint density at radius 1 is 1.03 bits per heavy atom. The summed E-state index contributed by atoms with van der Waals surface area (Å²) in [5, 5.41) is 5.49. The molecule has 0 bridgehead atoms. The highest BCUT2D eigenvalue weighted by molar-refractivity contribution is 7.89. The number of nitrogens with two attached hydrogens (primary N) is 1. The second-order valence-corrected chi connectivity index (χ2v) is 11.6. The fraction of sp³-hybridized carbons (Fsp3) is 0.625. The van der Waals surface area contributed by atoms with Gasteiger partial charge in [-0.1, -0.05) is 50.3 Å². The number of benzene rings is 1. The molecule has 35 heavy (non-hydrogen) atoms. The van der Waals surface area contributed by atoms with Crippen LogP contribution in [0.1, 0.15) is 52.4 Å². The average Bonchev–Trinajstić information content (AvgIpc) is 2.84. The van der Waals surface area contributed by atoms with Gasteiger partial charge in [-0.05, 0) is 38.3 Å². The average molecular weight is 508 g/mol. The molecular formula is C24H37N5O5S. The van der Waals surface area contributed by atoms with Crippen molar-refractivity contribution in [3.05, 3.63) is 30.3 Å². The molecule has 3 rings (SSSR count). The second kappa shape index (κ2) is 11.9. The summed E-state index contributed by atoms with van der Waals surface area (Å²) in [6.45, 7) is 3.59. The Morgan fingerprint density at radius 2 is 1.69 bits per heavy atom. The van der Waals surface area contributed by atoms with Gasteiger partial charge in [0.1, 0.15) is 12.1 Å². The first-order valence-electron chi connectivity index (χ1n) is 12.3. The summed E-state index contributed by atoms with van der Waals surface area (Å²) >= 11 is 0. The first-order valence-corrected chi connectivity index (χ1v) is 13.8. The predicted molar refractivity (Wildman–Crippen MR) is 132 cm³/mol. The Hall–Kier alpha value is -2.66. The molecule has 1 saturated heterocycles. The SMILES string of the molecule is CC(C)NC(=O)N1CCN(S(=O)(=O)c2ccccc2)C(C(=O)NC(CC2CCCCC2)C(N)=O)C1. The van der Waals surface area contributed by atoms with Crippen molar-refractivity contribution >= 4 is 27.9 Å². The topological polar surface area (TPSA) is 142 Å². The summed E-state index contributed by atoms with van der Waals surface area (Å²) in [6.07, 6.45) is 5.69. The zero-order valence-electron chi connectivity index (χ0n) is 20.5. The van der Waals surface area contributed by atoms with Gasteiger partial charge in [0.05, 0.1) is 4.90 Å². The fourth-order valence-electron chi connectivity index (χ4n) is 4.79. The molecule has 4 N–H and O–H groups in total. The molecule has 2 aliphatic rings. The van der Waals surface area contributed by atoms with Gasteiger partial charge in [-0.2, -0.15) is 4.31 Å². The van der Waals surface area contributed by atoms with E-state index in [1.165, 1.54) is 17.0 Å². The molecular weight excluding hydrogens is 470 g/mol. The number of nitrogens with one attached hydrogen (secondary N) is 2. The Bertz CT molecular complexity index is 995. The number of urea groups is 1. The van der Waals surface area contributed by atoms with Crippen LogP contribution in [0.3, 0.4) is 0 Å². The van der Waals surface area contributed by atoms with E-state index < -0.39 is 33.9 Å². The van der Waals surface area contributed by atoms with Crippen molar-refractivity contribution in [2.45, 2.75) is 75.4 Å². The molecule has 1 aliphatic carbocycles. The first-order chi connectivity index (χ1) is 16.6. The minimum Gasteiger partial charge on any atom is -0.368 e. The summed E-state index contributed by atoms with van der Waals surface area (Å²) in [5.74, 6) is -0.997. The monoisotopic (exact) mass is 507 g/mol. The molecule has 0 radical (unpaired) electrons. The maximum absolute atomic E-state index is 13.5. The maximum atomic E-state index is 13.5. The minimum absolute atomic E-state index is 0.0509. The van der Waals surface area contributed by atoms with E-state index in [1.807, 2.05) is 13.8 Å². The van der Waals surface area contributed by atoms with Crippen LogP contribution in [0.4, 0.5) is 4.79 Å². The van der Waals surface area contributed by atoms with Crippen LogP contribution in [-0.2, 0) is 19.6 Å². The third kappa shape index (κ3) is 6.94. The number of carbonyl (C=O) groups excluding carboxylic acids is 3. The Balaban J connectivity index is 1.83. The van der Waals surface area contributed by atoms with Gasteiger partial charge in [0.25, 0.3) is 0 Å². The van der Waals surface area contributed by atoms with Crippen LogP contribution in [0.2, 0.25) is 0 Å². The van der Waals surface area contributed by atoms with Crippen molar-refractivity contribution in [1.29, 1.82) is 0 Å². The highest BCUT2D eigenvalue weighted by atomic mass is 32.2. The Morgan fingerprint density at radius 3 is 2.29 bits per heavy atom. The standard InChI is InChI=1S/C24H37N5O5S/c1-17(2)26-24(32)28-13-14-29(35(33,34)19-11-7-4-8-12-19)21(16-28)23(31)27-20(22(25)30)15-18-9-5-3-6-10-18/h4,7-8,11-12,17-18,20-21H,3,5-6,9-10,13-16H2,1-2H3,(H2,25,30)(H,26,32)(H,27,31). The van der Waals surface area contributed by atoms with Gasteiger partial charge in [0, 0.05) is 25.7 Å². The number of hydrogen-bond donors (Lipinski definition) is 3. The first kappa shape index (κ1) is 26.9. The van der Waals surface area contributed by atoms with Gasteiger partial charge < -0.3 is 21.3 Å². The lowest BCUT2D eigenvalue weighted by Gasteiger charge is -2.40. The highest BCUT2D eigenvalue weighted by Gasteiger charge is 2.42. The van der Waals surface area contributed by atoms with E-state index in [9.17, 15) is 22.8 Å². The molecule has 0 spiro atoms. The number of amides is 4. The van der Waals surface area contributed by atoms with Crippen LogP contribution >= 0.6 is 0 Å². The molecule has 1 aromatic carbocycles. The van der Waals surface area contributed by atoms with Gasteiger partial charge >= 0.3 is 6.03 Å². The van der Waals surface area contributed by atoms with Crippen molar-refractivity contribution in [1.82, 2.24) is 19.8 Å². The maximum Gasteiger partial charge on any atom is 0.317 e. The lowest BCUT2D eigenvalue weighted by atomic mass is 9.84. The van der Waals surface area contributed by atoms with E-state index in [-0.39, 0.29) is 42.5 Å². The van der Waals surface area contributed by atoms with Gasteiger partial charge in [-0.15, -0.1) is 0 Å². The molecule has 10 nitrogen and oxygen atoms in total. The van der Waals surface area contributed by atoms with E-state index in [4.69, 9.17) is 5.73 Å². The van der Waals surface area contributed by atoms with Crippen LogP contribution < -0.4 is 16.4 Å². The van der Waals surface area contributed by atoms with Crippen LogP contribution in [0.15, 0.2) is 35.2 Å². The molecule has 1 heterocycles. The second-order valence-electron chi connectivity index (χ2n) is 9.70. The van der Waals surface area contributed by atoms with E-state index >= 15 is 0 Å². The summed E-state index contributed by atoms with van der Waals surface area (Å²) in [4.78, 5) is 39.8. The van der Waals surface area contributed by atoms with E-state index in [0.717, 1.165) is 36.4 Å². The van der Waals surface area contributed by atoms with Crippen LogP contribution in [0.5, 0.6) is 0 Å². The zero-order chi connectivity index (χ0) is 25.6. The number of hydrogen-bond acceptors (Lipinski definition) is 5. The van der Waals surface area contributed by atoms with E-state index in [0.29, 0.717) is 6.42 Å². The normalized spacial score (nSPS) is 20.9. The van der Waals surface area contributed by atoms with E-state index in [2.05, 4.69) is 10.6 Å². The third-order valence-corrected chi connectivity index (χ3v) is 8.56. The number of nitrogens with zero attached hydrogens (tertiary/aromatic N) is 2. The number of primary amides is 1. The summed E-state index contributed by atoms with van der Waals surface area (Å²) in [7, 11) is -4.01. The predicted octanol–water partition coefficient (Wildman–Crippen LogP) is 1.42. The zero-order valence-corrected chi connectivity index (χ0v) is 21.3. The highest BCUT2D eigenvalue weighted by Crippen LogP contribution is 2.28. The molecule has 0 aromatic heterocycles. The molecule has 2 unspecified atom stereocenters. The summed E-state index contributed by atoms with van der Waals surface area (Å²) in [5.41, 5.74) is 5.61. The van der Waals surface area contributed by atoms with E-state index in [1.54, 1.807) is 18.2 Å². The molecule has 1 aliphatic heterocycles.